The first-order valence-electron chi connectivity index (χ1n) is 9.63. The van der Waals surface area contributed by atoms with Gasteiger partial charge in [-0.05, 0) is 49.2 Å². The van der Waals surface area contributed by atoms with E-state index in [2.05, 4.69) is 25.7 Å². The normalized spacial score (nSPS) is 13.2. The summed E-state index contributed by atoms with van der Waals surface area (Å²) in [6.07, 6.45) is 2.40. The molecule has 7 heteroatoms. The summed E-state index contributed by atoms with van der Waals surface area (Å²) < 4.78 is 5.26. The smallest absolute Gasteiger partial charge is 0.323 e. The van der Waals surface area contributed by atoms with Gasteiger partial charge in [-0.3, -0.25) is 0 Å². The number of aromatic nitrogens is 2. The quantitative estimate of drug-likeness (QED) is 0.676. The van der Waals surface area contributed by atoms with Gasteiger partial charge in [0.05, 0.1) is 18.5 Å². The number of benzene rings is 2. The average Bonchev–Trinajstić information content (AvgIpc) is 3.29. The van der Waals surface area contributed by atoms with E-state index in [9.17, 15) is 4.79 Å². The highest BCUT2D eigenvalue weighted by atomic mass is 16.5. The fraction of sp³-hybridized carbons (Fsp3) is 0.227. The lowest BCUT2D eigenvalue weighted by molar-refractivity contribution is 0.262. The standard InChI is InChI=1S/C22H23N5O2/c1-29-20-10-3-2-9-19(20)24-22(28)23-17-8-6-7-16(15-17)18-11-12-21(26-25-18)27-13-4-5-14-27/h2-3,6-12,15H,4-5,13-14H2,1H3,(H2,23,24,28). The predicted octanol–water partition coefficient (Wildman–Crippen LogP) is 4.40. The third kappa shape index (κ3) is 4.45. The first-order chi connectivity index (χ1) is 14.2. The highest BCUT2D eigenvalue weighted by molar-refractivity contribution is 6.01. The molecule has 1 aliphatic heterocycles. The molecular weight excluding hydrogens is 366 g/mol. The zero-order valence-corrected chi connectivity index (χ0v) is 16.3. The molecule has 1 aliphatic rings. The van der Waals surface area contributed by atoms with Crippen LogP contribution in [-0.4, -0.2) is 36.4 Å². The molecule has 2 aromatic carbocycles. The second kappa shape index (κ2) is 8.60. The molecule has 29 heavy (non-hydrogen) atoms. The molecule has 0 bridgehead atoms. The number of methoxy groups -OCH3 is 1. The maximum atomic E-state index is 12.4. The summed E-state index contributed by atoms with van der Waals surface area (Å²) in [6, 6.07) is 18.4. The van der Waals surface area contributed by atoms with Crippen LogP contribution in [0.15, 0.2) is 60.7 Å². The van der Waals surface area contributed by atoms with Crippen molar-refractivity contribution in [1.82, 2.24) is 10.2 Å². The molecule has 7 nitrogen and oxygen atoms in total. The van der Waals surface area contributed by atoms with Crippen LogP contribution >= 0.6 is 0 Å². The third-order valence-corrected chi connectivity index (χ3v) is 4.85. The summed E-state index contributed by atoms with van der Waals surface area (Å²) in [4.78, 5) is 14.6. The molecule has 3 aromatic rings. The Morgan fingerprint density at radius 1 is 0.966 bits per heavy atom. The third-order valence-electron chi connectivity index (χ3n) is 4.85. The number of carbonyl (C=O) groups excluding carboxylic acids is 1. The summed E-state index contributed by atoms with van der Waals surface area (Å²) in [5.74, 6) is 1.52. The van der Waals surface area contributed by atoms with Crippen molar-refractivity contribution in [3.05, 3.63) is 60.7 Å². The van der Waals surface area contributed by atoms with E-state index in [1.54, 1.807) is 19.2 Å². The van der Waals surface area contributed by atoms with Crippen LogP contribution in [0.1, 0.15) is 12.8 Å². The van der Waals surface area contributed by atoms with Gasteiger partial charge in [-0.2, -0.15) is 0 Å². The molecule has 2 heterocycles. The molecule has 2 amide bonds. The summed E-state index contributed by atoms with van der Waals surface area (Å²) in [7, 11) is 1.57. The maximum Gasteiger partial charge on any atom is 0.323 e. The lowest BCUT2D eigenvalue weighted by Gasteiger charge is -2.15. The zero-order chi connectivity index (χ0) is 20.1. The van der Waals surface area contributed by atoms with Crippen LogP contribution in [0.3, 0.4) is 0 Å². The average molecular weight is 389 g/mol. The molecule has 1 fully saturated rings. The van der Waals surface area contributed by atoms with E-state index >= 15 is 0 Å². The van der Waals surface area contributed by atoms with Gasteiger partial charge in [0.15, 0.2) is 5.82 Å². The number of hydrogen-bond acceptors (Lipinski definition) is 5. The molecule has 2 N–H and O–H groups in total. The Morgan fingerprint density at radius 3 is 2.55 bits per heavy atom. The minimum Gasteiger partial charge on any atom is -0.495 e. The summed E-state index contributed by atoms with van der Waals surface area (Å²) >= 11 is 0. The van der Waals surface area contributed by atoms with Gasteiger partial charge in [0, 0.05) is 24.3 Å². The van der Waals surface area contributed by atoms with Gasteiger partial charge in [-0.15, -0.1) is 10.2 Å². The Morgan fingerprint density at radius 2 is 1.79 bits per heavy atom. The van der Waals surface area contributed by atoms with Crippen LogP contribution in [0.2, 0.25) is 0 Å². The summed E-state index contributed by atoms with van der Waals surface area (Å²) in [5, 5.41) is 14.4. The number of ether oxygens (including phenoxy) is 1. The number of anilines is 3. The number of rotatable bonds is 5. The van der Waals surface area contributed by atoms with E-state index in [0.717, 1.165) is 30.2 Å². The van der Waals surface area contributed by atoms with Gasteiger partial charge >= 0.3 is 6.03 Å². The molecule has 1 saturated heterocycles. The van der Waals surface area contributed by atoms with E-state index < -0.39 is 0 Å². The van der Waals surface area contributed by atoms with Gasteiger partial charge in [0.1, 0.15) is 5.75 Å². The Hall–Kier alpha value is -3.61. The van der Waals surface area contributed by atoms with Gasteiger partial charge in [-0.25, -0.2) is 4.79 Å². The van der Waals surface area contributed by atoms with Crippen molar-refractivity contribution < 1.29 is 9.53 Å². The molecule has 148 valence electrons. The largest absolute Gasteiger partial charge is 0.495 e. The lowest BCUT2D eigenvalue weighted by Crippen LogP contribution is -2.20. The SMILES string of the molecule is COc1ccccc1NC(=O)Nc1cccc(-c2ccc(N3CCCC3)nn2)c1. The summed E-state index contributed by atoms with van der Waals surface area (Å²) in [6.45, 7) is 2.07. The fourth-order valence-electron chi connectivity index (χ4n) is 3.38. The monoisotopic (exact) mass is 389 g/mol. The van der Waals surface area contributed by atoms with Crippen LogP contribution in [0.5, 0.6) is 5.75 Å². The number of para-hydroxylation sites is 2. The van der Waals surface area contributed by atoms with Gasteiger partial charge < -0.3 is 20.3 Å². The number of nitrogens with zero attached hydrogens (tertiary/aromatic N) is 3. The first-order valence-corrected chi connectivity index (χ1v) is 9.63. The molecular formula is C22H23N5O2. The van der Waals surface area contributed by atoms with Crippen LogP contribution in [0.4, 0.5) is 22.0 Å². The van der Waals surface area contributed by atoms with Gasteiger partial charge in [0.2, 0.25) is 0 Å². The number of urea groups is 1. The lowest BCUT2D eigenvalue weighted by atomic mass is 10.1. The molecule has 0 atom stereocenters. The predicted molar refractivity (Wildman–Crippen MR) is 115 cm³/mol. The van der Waals surface area contributed by atoms with Crippen LogP contribution in [0.25, 0.3) is 11.3 Å². The van der Waals surface area contributed by atoms with E-state index in [-0.39, 0.29) is 6.03 Å². The number of hydrogen-bond donors (Lipinski definition) is 2. The Kier molecular flexibility index (Phi) is 5.56. The number of nitrogens with one attached hydrogen (secondary N) is 2. The van der Waals surface area contributed by atoms with Crippen molar-refractivity contribution in [2.75, 3.05) is 35.7 Å². The minimum atomic E-state index is -0.345. The van der Waals surface area contributed by atoms with E-state index in [1.807, 2.05) is 48.5 Å². The van der Waals surface area contributed by atoms with Crippen LogP contribution in [-0.2, 0) is 0 Å². The second-order valence-corrected chi connectivity index (χ2v) is 6.83. The highest BCUT2D eigenvalue weighted by Crippen LogP contribution is 2.25. The molecule has 0 aliphatic carbocycles. The number of carbonyl (C=O) groups is 1. The van der Waals surface area contributed by atoms with Crippen LogP contribution < -0.4 is 20.3 Å². The molecule has 0 spiro atoms. The summed E-state index contributed by atoms with van der Waals surface area (Å²) in [5.41, 5.74) is 2.93. The topological polar surface area (TPSA) is 79.4 Å². The Balaban J connectivity index is 1.45. The van der Waals surface area contributed by atoms with Crippen molar-refractivity contribution >= 4 is 23.2 Å². The van der Waals surface area contributed by atoms with Crippen LogP contribution in [0, 0.1) is 0 Å². The molecule has 0 radical (unpaired) electrons. The maximum absolute atomic E-state index is 12.4. The Bertz CT molecular complexity index is 985. The Labute approximate surface area is 169 Å². The van der Waals surface area contributed by atoms with Crippen molar-refractivity contribution in [3.63, 3.8) is 0 Å². The fourth-order valence-corrected chi connectivity index (χ4v) is 3.38. The van der Waals surface area contributed by atoms with Crippen molar-refractivity contribution in [2.24, 2.45) is 0 Å². The van der Waals surface area contributed by atoms with E-state index in [4.69, 9.17) is 4.74 Å². The molecule has 1 aromatic heterocycles. The number of amides is 2. The van der Waals surface area contributed by atoms with Crippen molar-refractivity contribution in [3.8, 4) is 17.0 Å². The van der Waals surface area contributed by atoms with Crippen molar-refractivity contribution in [2.45, 2.75) is 12.8 Å². The highest BCUT2D eigenvalue weighted by Gasteiger charge is 2.14. The van der Waals surface area contributed by atoms with E-state index in [1.165, 1.54) is 12.8 Å². The van der Waals surface area contributed by atoms with Gasteiger partial charge in [0.25, 0.3) is 0 Å². The first kappa shape index (κ1) is 18.7. The van der Waals surface area contributed by atoms with Gasteiger partial charge in [-0.1, -0.05) is 24.3 Å². The zero-order valence-electron chi connectivity index (χ0n) is 16.3. The second-order valence-electron chi connectivity index (χ2n) is 6.83. The molecule has 0 saturated carbocycles. The van der Waals surface area contributed by atoms with Crippen molar-refractivity contribution in [1.29, 1.82) is 0 Å². The van der Waals surface area contributed by atoms with E-state index in [0.29, 0.717) is 17.1 Å². The minimum absolute atomic E-state index is 0.345. The molecule has 0 unspecified atom stereocenters. The molecule has 4 rings (SSSR count).